The van der Waals surface area contributed by atoms with Crippen LogP contribution < -0.4 is 0 Å². The second-order valence-electron chi connectivity index (χ2n) is 4.64. The molecule has 8 heteroatoms. The molecule has 7 nitrogen and oxygen atoms in total. The van der Waals surface area contributed by atoms with Crippen LogP contribution in [0.5, 0.6) is 0 Å². The molecule has 0 radical (unpaired) electrons. The van der Waals surface area contributed by atoms with Gasteiger partial charge in [-0.1, -0.05) is 0 Å². The summed E-state index contributed by atoms with van der Waals surface area (Å²) in [5.41, 5.74) is 0. The first-order valence-corrected chi connectivity index (χ1v) is 5.92. The highest BCUT2D eigenvalue weighted by Crippen LogP contribution is 2.41. The number of morpholine rings is 1. The highest BCUT2D eigenvalue weighted by atomic mass is 16.7. The Labute approximate surface area is 103 Å². The van der Waals surface area contributed by atoms with Gasteiger partial charge in [-0.3, -0.25) is 9.59 Å². The van der Waals surface area contributed by atoms with Crippen molar-refractivity contribution in [3.63, 3.8) is 0 Å². The normalized spacial score (nSPS) is 25.8. The Morgan fingerprint density at radius 1 is 1.11 bits per heavy atom. The predicted molar refractivity (Wildman–Crippen MR) is 58.2 cm³/mol. The summed E-state index contributed by atoms with van der Waals surface area (Å²) in [5, 5.41) is 0. The number of ether oxygens (including phenoxy) is 1. The van der Waals surface area contributed by atoms with E-state index in [-0.39, 0.29) is 12.8 Å². The molecule has 0 N–H and O–H groups in total. The SMILES string of the molecule is O=C1C[C+]2CC(=O)O[B-]2(C(=O)N2CCOCC2)O1. The smallest absolute Gasteiger partial charge is 0.607 e. The van der Waals surface area contributed by atoms with E-state index in [4.69, 9.17) is 14.0 Å². The lowest BCUT2D eigenvalue weighted by molar-refractivity contribution is -0.138. The maximum Gasteiger partial charge on any atom is 0.643 e. The second kappa shape index (κ2) is 3.91. The molecule has 1 amide bonds. The van der Waals surface area contributed by atoms with Crippen LogP contribution in [0, 0.1) is 5.82 Å². The van der Waals surface area contributed by atoms with Gasteiger partial charge in [0.15, 0.2) is 0 Å². The van der Waals surface area contributed by atoms with Crippen LogP contribution in [0.4, 0.5) is 4.79 Å². The van der Waals surface area contributed by atoms with Gasteiger partial charge in [0.05, 0.1) is 13.2 Å². The van der Waals surface area contributed by atoms with Crippen LogP contribution in [0.15, 0.2) is 0 Å². The molecule has 0 unspecified atom stereocenters. The number of rotatable bonds is 1. The van der Waals surface area contributed by atoms with E-state index < -0.39 is 24.3 Å². The van der Waals surface area contributed by atoms with Crippen molar-refractivity contribution >= 4 is 24.3 Å². The fraction of sp³-hybridized carbons (Fsp3) is 0.600. The van der Waals surface area contributed by atoms with Gasteiger partial charge >= 0.3 is 18.5 Å². The van der Waals surface area contributed by atoms with Crippen LogP contribution in [-0.2, 0) is 23.6 Å². The Morgan fingerprint density at radius 3 is 2.22 bits per heavy atom. The lowest BCUT2D eigenvalue weighted by atomic mass is 9.47. The molecule has 3 heterocycles. The summed E-state index contributed by atoms with van der Waals surface area (Å²) in [6.07, 6.45) is 0.00361. The van der Waals surface area contributed by atoms with E-state index in [1.165, 1.54) is 4.90 Å². The van der Waals surface area contributed by atoms with Crippen molar-refractivity contribution in [2.75, 3.05) is 26.3 Å². The maximum atomic E-state index is 12.4. The topological polar surface area (TPSA) is 82.1 Å². The zero-order chi connectivity index (χ0) is 12.8. The Balaban J connectivity index is 1.85. The highest BCUT2D eigenvalue weighted by molar-refractivity contribution is 7.04. The van der Waals surface area contributed by atoms with Crippen molar-refractivity contribution in [2.24, 2.45) is 0 Å². The Hall–Kier alpha value is -1.70. The molecule has 0 aliphatic carbocycles. The van der Waals surface area contributed by atoms with Gasteiger partial charge in [-0.2, -0.15) is 0 Å². The minimum Gasteiger partial charge on any atom is -0.607 e. The highest BCUT2D eigenvalue weighted by Gasteiger charge is 2.70. The molecule has 0 spiro atoms. The zero-order valence-electron chi connectivity index (χ0n) is 9.72. The molecule has 3 aliphatic heterocycles. The average Bonchev–Trinajstić information content (AvgIpc) is 2.81. The molecule has 18 heavy (non-hydrogen) atoms. The largest absolute Gasteiger partial charge is 0.643 e. The molecular weight excluding hydrogens is 241 g/mol. The molecule has 96 valence electrons. The summed E-state index contributed by atoms with van der Waals surface area (Å²) < 4.78 is 15.3. The molecule has 0 aromatic carbocycles. The van der Waals surface area contributed by atoms with Gasteiger partial charge in [-0.15, -0.1) is 0 Å². The van der Waals surface area contributed by atoms with Crippen LogP contribution in [0.25, 0.3) is 0 Å². The minimum absolute atomic E-state index is 0.00181. The summed E-state index contributed by atoms with van der Waals surface area (Å²) in [5.74, 6) is -0.940. The number of nitrogens with zero attached hydrogens (tertiary/aromatic N) is 1. The van der Waals surface area contributed by atoms with E-state index >= 15 is 0 Å². The van der Waals surface area contributed by atoms with E-state index in [0.717, 1.165) is 0 Å². The molecule has 3 saturated heterocycles. The number of fused-ring (bicyclic) bond motifs is 1. The van der Waals surface area contributed by atoms with Crippen molar-refractivity contribution in [1.29, 1.82) is 0 Å². The number of amides is 1. The minimum atomic E-state index is -2.54. The number of carbonyl (C=O) groups excluding carboxylic acids is 3. The first kappa shape index (κ1) is 11.4. The van der Waals surface area contributed by atoms with Gasteiger partial charge in [0, 0.05) is 18.9 Å². The average molecular weight is 253 g/mol. The first-order valence-electron chi connectivity index (χ1n) is 5.92. The fourth-order valence-corrected chi connectivity index (χ4v) is 2.65. The zero-order valence-corrected chi connectivity index (χ0v) is 9.72. The quantitative estimate of drug-likeness (QED) is 0.461. The Morgan fingerprint density at radius 2 is 1.67 bits per heavy atom. The lowest BCUT2D eigenvalue weighted by Crippen LogP contribution is -2.58. The summed E-state index contributed by atoms with van der Waals surface area (Å²) in [6.45, 7) is -0.820. The number of hydrogen-bond acceptors (Lipinski definition) is 6. The maximum absolute atomic E-state index is 12.4. The molecule has 0 aromatic rings. The van der Waals surface area contributed by atoms with E-state index in [1.54, 1.807) is 0 Å². The van der Waals surface area contributed by atoms with Gasteiger partial charge < -0.3 is 23.7 Å². The van der Waals surface area contributed by atoms with Gasteiger partial charge in [0.2, 0.25) is 5.81 Å². The second-order valence-corrected chi connectivity index (χ2v) is 4.64. The van der Waals surface area contributed by atoms with Gasteiger partial charge in [-0.25, -0.2) is 0 Å². The van der Waals surface area contributed by atoms with Crippen LogP contribution >= 0.6 is 0 Å². The predicted octanol–water partition coefficient (Wildman–Crippen LogP) is -0.530. The third kappa shape index (κ3) is 1.56. The van der Waals surface area contributed by atoms with Gasteiger partial charge in [0.1, 0.15) is 12.8 Å². The van der Waals surface area contributed by atoms with E-state index in [1.807, 2.05) is 0 Å². The molecule has 0 atom stereocenters. The van der Waals surface area contributed by atoms with Crippen molar-refractivity contribution in [2.45, 2.75) is 12.8 Å². The third-order valence-electron chi connectivity index (χ3n) is 3.52. The monoisotopic (exact) mass is 253 g/mol. The molecular formula is C10H12BNO6. The van der Waals surface area contributed by atoms with E-state index in [0.29, 0.717) is 32.1 Å². The van der Waals surface area contributed by atoms with E-state index in [9.17, 15) is 14.4 Å². The Bertz CT molecular complexity index is 399. The molecule has 3 rings (SSSR count). The van der Waals surface area contributed by atoms with Gasteiger partial charge in [0.25, 0.3) is 0 Å². The summed E-state index contributed by atoms with van der Waals surface area (Å²) in [6, 6.07) is 0. The van der Waals surface area contributed by atoms with Crippen molar-refractivity contribution < 1.29 is 28.4 Å². The van der Waals surface area contributed by atoms with Crippen LogP contribution in [0.1, 0.15) is 12.8 Å². The molecule has 0 saturated carbocycles. The standard InChI is InChI=1S/C10H12BNO6/c13-8-5-7-6-9(14)18-11(7,17-8)10(15)12-1-3-16-4-2-12/h1-6H2. The summed E-state index contributed by atoms with van der Waals surface area (Å²) in [7, 11) is 0. The van der Waals surface area contributed by atoms with Gasteiger partial charge in [-0.05, 0) is 0 Å². The molecule has 3 aliphatic rings. The number of carbonyl (C=O) groups is 3. The van der Waals surface area contributed by atoms with Crippen molar-refractivity contribution in [1.82, 2.24) is 4.90 Å². The fourth-order valence-electron chi connectivity index (χ4n) is 2.65. The van der Waals surface area contributed by atoms with Crippen LogP contribution in [-0.4, -0.2) is 55.5 Å². The summed E-state index contributed by atoms with van der Waals surface area (Å²) in [4.78, 5) is 36.6. The molecule has 3 fully saturated rings. The molecule has 0 aromatic heterocycles. The Kier molecular flexibility index (Phi) is 2.48. The third-order valence-corrected chi connectivity index (χ3v) is 3.52. The first-order chi connectivity index (χ1) is 8.62. The van der Waals surface area contributed by atoms with E-state index in [2.05, 4.69) is 0 Å². The van der Waals surface area contributed by atoms with Crippen molar-refractivity contribution in [3.8, 4) is 0 Å². The van der Waals surface area contributed by atoms with Crippen molar-refractivity contribution in [3.05, 3.63) is 5.82 Å². The molecule has 0 bridgehead atoms. The lowest BCUT2D eigenvalue weighted by Gasteiger charge is -2.34. The van der Waals surface area contributed by atoms with Crippen LogP contribution in [0.3, 0.4) is 0 Å². The summed E-state index contributed by atoms with van der Waals surface area (Å²) >= 11 is 0. The number of hydrogen-bond donors (Lipinski definition) is 0. The van der Waals surface area contributed by atoms with Crippen LogP contribution in [0.2, 0.25) is 0 Å².